The van der Waals surface area contributed by atoms with E-state index < -0.39 is 59.3 Å². The number of rotatable bonds is 6. The van der Waals surface area contributed by atoms with E-state index in [1.54, 1.807) is 44.2 Å². The first-order valence-electron chi connectivity index (χ1n) is 14.4. The maximum atomic E-state index is 14.5. The number of ketones is 1. The van der Waals surface area contributed by atoms with E-state index in [4.69, 9.17) is 18.9 Å². The zero-order valence-corrected chi connectivity index (χ0v) is 25.3. The van der Waals surface area contributed by atoms with E-state index in [-0.39, 0.29) is 30.3 Å². The zero-order chi connectivity index (χ0) is 31.0. The molecule has 2 fully saturated rings. The van der Waals surface area contributed by atoms with E-state index in [2.05, 4.69) is 13.8 Å². The number of benzene rings is 1. The Morgan fingerprint density at radius 1 is 0.952 bits per heavy atom. The number of fused-ring (bicyclic) bond motifs is 2. The topological polar surface area (TPSA) is 122 Å². The van der Waals surface area contributed by atoms with Crippen LogP contribution in [0.5, 0.6) is 0 Å². The minimum absolute atomic E-state index is 0.0318. The summed E-state index contributed by atoms with van der Waals surface area (Å²) in [5.41, 5.74) is -0.761. The van der Waals surface area contributed by atoms with E-state index in [9.17, 15) is 24.0 Å². The summed E-state index contributed by atoms with van der Waals surface area (Å²) in [5.74, 6) is -4.28. The van der Waals surface area contributed by atoms with Crippen molar-refractivity contribution in [1.29, 1.82) is 0 Å². The summed E-state index contributed by atoms with van der Waals surface area (Å²) in [6.07, 6.45) is 2.24. The SMILES string of the molecule is CC(=O)OCC1=CC[C@H]2[C@@H](C=C(C)C(=O)[C@@]3(OC(C)=O)C[C@H](C)[C@H](OC(=O)c4ccccc4)[C@@H]3C1OC(C)=O)C2(C)C. The van der Waals surface area contributed by atoms with E-state index in [1.165, 1.54) is 20.8 Å². The van der Waals surface area contributed by atoms with E-state index >= 15 is 0 Å². The molecular weight excluding hydrogens is 540 g/mol. The van der Waals surface area contributed by atoms with E-state index in [0.29, 0.717) is 23.1 Å². The minimum atomic E-state index is -1.82. The molecule has 1 unspecified atom stereocenters. The lowest BCUT2D eigenvalue weighted by atomic mass is 9.76. The van der Waals surface area contributed by atoms with E-state index in [0.717, 1.165) is 0 Å². The van der Waals surface area contributed by atoms with Gasteiger partial charge in [-0.1, -0.05) is 51.1 Å². The maximum Gasteiger partial charge on any atom is 0.338 e. The van der Waals surface area contributed by atoms with Crippen LogP contribution in [0.3, 0.4) is 0 Å². The molecule has 7 atom stereocenters. The second-order valence-corrected chi connectivity index (χ2v) is 12.4. The van der Waals surface area contributed by atoms with Gasteiger partial charge in [0.05, 0.1) is 11.5 Å². The molecule has 3 aliphatic carbocycles. The van der Waals surface area contributed by atoms with Gasteiger partial charge in [0.25, 0.3) is 0 Å². The fourth-order valence-corrected chi connectivity index (χ4v) is 6.90. The van der Waals surface area contributed by atoms with Gasteiger partial charge in [-0.25, -0.2) is 4.79 Å². The van der Waals surface area contributed by atoms with Gasteiger partial charge in [-0.3, -0.25) is 19.2 Å². The fourth-order valence-electron chi connectivity index (χ4n) is 6.90. The molecule has 0 heterocycles. The van der Waals surface area contributed by atoms with Crippen LogP contribution < -0.4 is 0 Å². The normalized spacial score (nSPS) is 31.6. The van der Waals surface area contributed by atoms with Gasteiger partial charge in [0.15, 0.2) is 5.60 Å². The first kappa shape index (κ1) is 31.2. The van der Waals surface area contributed by atoms with Crippen molar-refractivity contribution in [3.63, 3.8) is 0 Å². The highest BCUT2D eigenvalue weighted by Crippen LogP contribution is 2.62. The third-order valence-electron chi connectivity index (χ3n) is 9.03. The molecule has 42 heavy (non-hydrogen) atoms. The summed E-state index contributed by atoms with van der Waals surface area (Å²) < 4.78 is 23.4. The van der Waals surface area contributed by atoms with Crippen molar-refractivity contribution in [2.75, 3.05) is 6.61 Å². The van der Waals surface area contributed by atoms with Gasteiger partial charge >= 0.3 is 23.9 Å². The first-order chi connectivity index (χ1) is 19.7. The van der Waals surface area contributed by atoms with Crippen LogP contribution >= 0.6 is 0 Å². The molecule has 1 aromatic carbocycles. The fraction of sp³-hybridized carbons (Fsp3) is 0.545. The number of ether oxygens (including phenoxy) is 4. The quantitative estimate of drug-likeness (QED) is 0.266. The van der Waals surface area contributed by atoms with Crippen molar-refractivity contribution in [3.8, 4) is 0 Å². The molecule has 0 radical (unpaired) electrons. The Bertz CT molecular complexity index is 1320. The van der Waals surface area contributed by atoms with Crippen LogP contribution in [-0.2, 0) is 38.1 Å². The molecule has 3 aliphatic rings. The number of carbonyl (C=O) groups excluding carboxylic acids is 5. The molecule has 9 nitrogen and oxygen atoms in total. The predicted molar refractivity (Wildman–Crippen MR) is 152 cm³/mol. The highest BCUT2D eigenvalue weighted by Gasteiger charge is 2.65. The molecule has 226 valence electrons. The number of allylic oxidation sites excluding steroid dienone is 2. The van der Waals surface area contributed by atoms with Crippen LogP contribution in [0.25, 0.3) is 0 Å². The summed E-state index contributed by atoms with van der Waals surface area (Å²) in [6.45, 7) is 11.3. The molecule has 0 aliphatic heterocycles. The lowest BCUT2D eigenvalue weighted by molar-refractivity contribution is -0.179. The summed E-state index contributed by atoms with van der Waals surface area (Å²) in [6, 6.07) is 8.40. The average molecular weight is 581 g/mol. The third-order valence-corrected chi connectivity index (χ3v) is 9.03. The highest BCUT2D eigenvalue weighted by molar-refractivity contribution is 6.03. The Kier molecular flexibility index (Phi) is 8.81. The number of esters is 4. The molecule has 2 saturated carbocycles. The Labute approximate surface area is 246 Å². The van der Waals surface area contributed by atoms with Gasteiger partial charge in [-0.05, 0) is 54.2 Å². The van der Waals surface area contributed by atoms with Crippen LogP contribution in [-0.4, -0.2) is 54.1 Å². The lowest BCUT2D eigenvalue weighted by Crippen LogP contribution is -2.55. The summed E-state index contributed by atoms with van der Waals surface area (Å²) in [4.78, 5) is 65.1. The third kappa shape index (κ3) is 6.05. The summed E-state index contributed by atoms with van der Waals surface area (Å²) >= 11 is 0. The van der Waals surface area contributed by atoms with Crippen molar-refractivity contribution in [1.82, 2.24) is 0 Å². The smallest absolute Gasteiger partial charge is 0.338 e. The maximum absolute atomic E-state index is 14.5. The molecule has 0 aromatic heterocycles. The molecule has 9 heteroatoms. The molecule has 1 aromatic rings. The van der Waals surface area contributed by atoms with Crippen LogP contribution in [0, 0.1) is 29.1 Å². The summed E-state index contributed by atoms with van der Waals surface area (Å²) in [5, 5.41) is 0. The second kappa shape index (κ2) is 11.9. The molecule has 0 amide bonds. The average Bonchev–Trinajstić information content (AvgIpc) is 3.30. The minimum Gasteiger partial charge on any atom is -0.461 e. The van der Waals surface area contributed by atoms with Gasteiger partial charge < -0.3 is 18.9 Å². The van der Waals surface area contributed by atoms with Gasteiger partial charge in [0.2, 0.25) is 5.78 Å². The zero-order valence-electron chi connectivity index (χ0n) is 25.3. The lowest BCUT2D eigenvalue weighted by Gasteiger charge is -2.40. The number of Topliss-reactive ketones (excluding diaryl/α,β-unsaturated/α-hetero) is 1. The van der Waals surface area contributed by atoms with Crippen molar-refractivity contribution >= 4 is 29.7 Å². The van der Waals surface area contributed by atoms with E-state index in [1.807, 2.05) is 12.2 Å². The molecule has 0 N–H and O–H groups in total. The predicted octanol–water partition coefficient (Wildman–Crippen LogP) is 4.78. The van der Waals surface area contributed by atoms with Crippen LogP contribution in [0.4, 0.5) is 0 Å². The monoisotopic (exact) mass is 580 g/mol. The standard InChI is InChI=1S/C33H40O9/c1-18-15-26-25(32(26,6)7)14-13-24(17-39-20(3)34)29(40-21(4)35)27-28(41-31(38)23-11-9-8-10-12-23)19(2)16-33(27,30(18)37)42-22(5)36/h8-13,15,19,25-29H,14,16-17H2,1-7H3/t19-,25-,26+,27+,28-,29?,33+/m0/s1. The Morgan fingerprint density at radius 2 is 1.62 bits per heavy atom. The first-order valence-corrected chi connectivity index (χ1v) is 14.4. The number of carbonyl (C=O) groups is 5. The molecular formula is C33H40O9. The van der Waals surface area contributed by atoms with Gasteiger partial charge in [-0.2, -0.15) is 0 Å². The number of hydrogen-bond donors (Lipinski definition) is 0. The molecule has 0 spiro atoms. The van der Waals surface area contributed by atoms with Crippen LogP contribution in [0.2, 0.25) is 0 Å². The van der Waals surface area contributed by atoms with Crippen molar-refractivity contribution < 1.29 is 42.9 Å². The van der Waals surface area contributed by atoms with Gasteiger partial charge in [0.1, 0.15) is 18.8 Å². The Morgan fingerprint density at radius 3 is 2.21 bits per heavy atom. The largest absolute Gasteiger partial charge is 0.461 e. The molecule has 0 saturated heterocycles. The second-order valence-electron chi connectivity index (χ2n) is 12.4. The van der Waals surface area contributed by atoms with Gasteiger partial charge in [-0.15, -0.1) is 0 Å². The van der Waals surface area contributed by atoms with Crippen molar-refractivity contribution in [3.05, 3.63) is 59.2 Å². The van der Waals surface area contributed by atoms with Crippen LogP contribution in [0.1, 0.15) is 71.7 Å². The summed E-state index contributed by atoms with van der Waals surface area (Å²) in [7, 11) is 0. The molecule has 0 bridgehead atoms. The Hall–Kier alpha value is -3.75. The van der Waals surface area contributed by atoms with Crippen molar-refractivity contribution in [2.45, 2.75) is 79.1 Å². The van der Waals surface area contributed by atoms with Crippen molar-refractivity contribution in [2.24, 2.45) is 29.1 Å². The number of hydrogen-bond acceptors (Lipinski definition) is 9. The van der Waals surface area contributed by atoms with Crippen LogP contribution in [0.15, 0.2) is 53.6 Å². The Balaban J connectivity index is 1.94. The van der Waals surface area contributed by atoms with Gasteiger partial charge in [0, 0.05) is 32.8 Å². The molecule has 4 rings (SSSR count). The highest BCUT2D eigenvalue weighted by atomic mass is 16.6.